The van der Waals surface area contributed by atoms with E-state index in [2.05, 4.69) is 25.1 Å². The molecular weight excluding hydrogens is 206 g/mol. The Bertz CT molecular complexity index is 486. The fourth-order valence-corrected chi connectivity index (χ4v) is 1.85. The summed E-state index contributed by atoms with van der Waals surface area (Å²) in [6, 6.07) is 0. The first-order valence-electron chi connectivity index (χ1n) is 3.69. The summed E-state index contributed by atoms with van der Waals surface area (Å²) in [4.78, 5) is 0.0821. The van der Waals surface area contributed by atoms with E-state index in [1.807, 2.05) is 0 Å². The number of nitrogens with zero attached hydrogens (tertiary/aromatic N) is 2. The second kappa shape index (κ2) is 3.14. The minimum Gasteiger partial charge on any atom is -0.284 e. The average molecular weight is 213 g/mol. The van der Waals surface area contributed by atoms with Crippen LogP contribution < -0.4 is 4.72 Å². The van der Waals surface area contributed by atoms with Gasteiger partial charge in [0, 0.05) is 12.4 Å². The standard InChI is InChI=1S/C6H7N5O2S/c12-14(13,6-3-9-10-4-6)11-5-1-7-8-2-5/h1-4,11H,(H,7,8)(H,9,10). The van der Waals surface area contributed by atoms with Crippen molar-refractivity contribution < 1.29 is 8.42 Å². The van der Waals surface area contributed by atoms with Gasteiger partial charge in [-0.2, -0.15) is 10.2 Å². The van der Waals surface area contributed by atoms with Crippen LogP contribution in [0.5, 0.6) is 0 Å². The smallest absolute Gasteiger partial charge is 0.265 e. The first-order chi connectivity index (χ1) is 6.68. The second-order valence-electron chi connectivity index (χ2n) is 2.53. The molecule has 0 aliphatic carbocycles. The summed E-state index contributed by atoms with van der Waals surface area (Å²) in [5, 5.41) is 12.1. The Balaban J connectivity index is 2.27. The number of aromatic nitrogens is 4. The summed E-state index contributed by atoms with van der Waals surface area (Å²) < 4.78 is 25.4. The molecule has 2 aromatic heterocycles. The second-order valence-corrected chi connectivity index (χ2v) is 4.21. The Morgan fingerprint density at radius 3 is 2.43 bits per heavy atom. The van der Waals surface area contributed by atoms with E-state index in [9.17, 15) is 8.42 Å². The zero-order chi connectivity index (χ0) is 10.0. The number of sulfonamides is 1. The van der Waals surface area contributed by atoms with Gasteiger partial charge in [0.15, 0.2) is 0 Å². The maximum atomic E-state index is 11.5. The van der Waals surface area contributed by atoms with Crippen LogP contribution in [0.4, 0.5) is 5.69 Å². The van der Waals surface area contributed by atoms with E-state index in [1.165, 1.54) is 24.8 Å². The molecule has 2 rings (SSSR count). The number of H-pyrrole nitrogens is 2. The molecule has 0 atom stereocenters. The Labute approximate surface area is 79.6 Å². The third kappa shape index (κ3) is 1.59. The molecule has 7 nitrogen and oxygen atoms in total. The monoisotopic (exact) mass is 213 g/mol. The Morgan fingerprint density at radius 2 is 1.86 bits per heavy atom. The van der Waals surface area contributed by atoms with Gasteiger partial charge in [0.2, 0.25) is 0 Å². The van der Waals surface area contributed by atoms with Gasteiger partial charge in [-0.1, -0.05) is 0 Å². The minimum atomic E-state index is -3.54. The third-order valence-corrected chi connectivity index (χ3v) is 2.88. The summed E-state index contributed by atoms with van der Waals surface area (Å²) in [5.41, 5.74) is 0.381. The topological polar surface area (TPSA) is 104 Å². The van der Waals surface area contributed by atoms with Crippen LogP contribution in [0.25, 0.3) is 0 Å². The van der Waals surface area contributed by atoms with E-state index in [0.717, 1.165) is 0 Å². The molecule has 0 aromatic carbocycles. The Kier molecular flexibility index (Phi) is 1.97. The van der Waals surface area contributed by atoms with Crippen molar-refractivity contribution in [2.75, 3.05) is 4.72 Å². The normalized spacial score (nSPS) is 11.4. The number of aromatic amines is 2. The Morgan fingerprint density at radius 1 is 1.14 bits per heavy atom. The van der Waals surface area contributed by atoms with Crippen LogP contribution in [0.1, 0.15) is 0 Å². The van der Waals surface area contributed by atoms with Crippen molar-refractivity contribution in [1.82, 2.24) is 20.4 Å². The highest BCUT2D eigenvalue weighted by molar-refractivity contribution is 7.92. The molecule has 0 spiro atoms. The lowest BCUT2D eigenvalue weighted by atomic mass is 10.6. The molecule has 0 aliphatic heterocycles. The van der Waals surface area contributed by atoms with Crippen LogP contribution in [-0.2, 0) is 10.0 Å². The van der Waals surface area contributed by atoms with Crippen LogP contribution in [0.15, 0.2) is 29.7 Å². The highest BCUT2D eigenvalue weighted by Gasteiger charge is 2.15. The van der Waals surface area contributed by atoms with Gasteiger partial charge in [-0.3, -0.25) is 14.9 Å². The summed E-state index contributed by atoms with van der Waals surface area (Å²) in [6.07, 6.45) is 5.33. The van der Waals surface area contributed by atoms with Gasteiger partial charge in [0.05, 0.1) is 18.1 Å². The molecule has 0 saturated carbocycles. The van der Waals surface area contributed by atoms with Crippen LogP contribution in [0.2, 0.25) is 0 Å². The summed E-state index contributed by atoms with van der Waals surface area (Å²) in [7, 11) is -3.54. The zero-order valence-electron chi connectivity index (χ0n) is 6.93. The van der Waals surface area contributed by atoms with Crippen molar-refractivity contribution >= 4 is 15.7 Å². The fourth-order valence-electron chi connectivity index (χ4n) is 0.907. The van der Waals surface area contributed by atoms with E-state index in [1.54, 1.807) is 0 Å². The van der Waals surface area contributed by atoms with Crippen molar-refractivity contribution in [2.45, 2.75) is 4.90 Å². The van der Waals surface area contributed by atoms with Gasteiger partial charge >= 0.3 is 0 Å². The van der Waals surface area contributed by atoms with E-state index in [-0.39, 0.29) is 4.90 Å². The molecule has 0 fully saturated rings. The lowest BCUT2D eigenvalue weighted by molar-refractivity contribution is 0.601. The predicted octanol–water partition coefficient (Wildman–Crippen LogP) is -0.0664. The molecule has 2 aromatic rings. The first kappa shape index (κ1) is 8.75. The number of rotatable bonds is 3. The molecule has 74 valence electrons. The molecule has 0 saturated heterocycles. The highest BCUT2D eigenvalue weighted by Crippen LogP contribution is 2.11. The molecular formula is C6H7N5O2S. The van der Waals surface area contributed by atoms with Crippen molar-refractivity contribution in [2.24, 2.45) is 0 Å². The first-order valence-corrected chi connectivity index (χ1v) is 5.17. The van der Waals surface area contributed by atoms with E-state index in [0.29, 0.717) is 5.69 Å². The van der Waals surface area contributed by atoms with Gasteiger partial charge in [-0.05, 0) is 0 Å². The highest BCUT2D eigenvalue weighted by atomic mass is 32.2. The molecule has 3 N–H and O–H groups in total. The van der Waals surface area contributed by atoms with Crippen molar-refractivity contribution in [3.8, 4) is 0 Å². The van der Waals surface area contributed by atoms with E-state index in [4.69, 9.17) is 0 Å². The van der Waals surface area contributed by atoms with Gasteiger partial charge in [0.1, 0.15) is 4.90 Å². The quantitative estimate of drug-likeness (QED) is 0.664. The maximum Gasteiger partial charge on any atom is 0.265 e. The summed E-state index contributed by atoms with van der Waals surface area (Å²) >= 11 is 0. The van der Waals surface area contributed by atoms with Gasteiger partial charge in [-0.25, -0.2) is 8.42 Å². The predicted molar refractivity (Wildman–Crippen MR) is 48.0 cm³/mol. The van der Waals surface area contributed by atoms with Crippen LogP contribution >= 0.6 is 0 Å². The number of hydrogen-bond acceptors (Lipinski definition) is 4. The Hall–Kier alpha value is -1.83. The van der Waals surface area contributed by atoms with E-state index >= 15 is 0 Å². The van der Waals surface area contributed by atoms with Gasteiger partial charge in [0.25, 0.3) is 10.0 Å². The minimum absolute atomic E-state index is 0.0821. The molecule has 2 heterocycles. The number of hydrogen-bond donors (Lipinski definition) is 3. The lowest BCUT2D eigenvalue weighted by Crippen LogP contribution is -2.11. The van der Waals surface area contributed by atoms with Crippen molar-refractivity contribution in [3.63, 3.8) is 0 Å². The SMILES string of the molecule is O=S(=O)(Nc1cn[nH]c1)c1cn[nH]c1. The summed E-state index contributed by atoms with van der Waals surface area (Å²) in [5.74, 6) is 0. The molecule has 14 heavy (non-hydrogen) atoms. The number of anilines is 1. The largest absolute Gasteiger partial charge is 0.284 e. The number of nitrogens with one attached hydrogen (secondary N) is 3. The zero-order valence-corrected chi connectivity index (χ0v) is 7.75. The third-order valence-electron chi connectivity index (χ3n) is 1.53. The molecule has 0 unspecified atom stereocenters. The maximum absolute atomic E-state index is 11.5. The molecule has 0 radical (unpaired) electrons. The average Bonchev–Trinajstić information content (AvgIpc) is 2.71. The summed E-state index contributed by atoms with van der Waals surface area (Å²) in [6.45, 7) is 0. The molecule has 0 aliphatic rings. The molecule has 0 amide bonds. The van der Waals surface area contributed by atoms with E-state index < -0.39 is 10.0 Å². The molecule has 0 bridgehead atoms. The van der Waals surface area contributed by atoms with Gasteiger partial charge < -0.3 is 0 Å². The van der Waals surface area contributed by atoms with Crippen molar-refractivity contribution in [3.05, 3.63) is 24.8 Å². The van der Waals surface area contributed by atoms with Crippen LogP contribution in [-0.4, -0.2) is 28.8 Å². The fraction of sp³-hybridized carbons (Fsp3) is 0. The lowest BCUT2D eigenvalue weighted by Gasteiger charge is -2.01. The van der Waals surface area contributed by atoms with Crippen molar-refractivity contribution in [1.29, 1.82) is 0 Å². The van der Waals surface area contributed by atoms with Gasteiger partial charge in [-0.15, -0.1) is 0 Å². The molecule has 8 heteroatoms. The van der Waals surface area contributed by atoms with Crippen LogP contribution in [0.3, 0.4) is 0 Å². The van der Waals surface area contributed by atoms with Crippen LogP contribution in [0, 0.1) is 0 Å².